The second-order valence-electron chi connectivity index (χ2n) is 7.39. The second kappa shape index (κ2) is 8.11. The van der Waals surface area contributed by atoms with E-state index in [1.165, 1.54) is 5.56 Å². The number of aliphatic hydroxyl groups is 1. The predicted octanol–water partition coefficient (Wildman–Crippen LogP) is 4.69. The third kappa shape index (κ3) is 4.19. The van der Waals surface area contributed by atoms with E-state index in [0.717, 1.165) is 36.4 Å². The van der Waals surface area contributed by atoms with Crippen LogP contribution in [0.25, 0.3) is 0 Å². The molecule has 0 radical (unpaired) electrons. The Morgan fingerprint density at radius 2 is 1.92 bits per heavy atom. The van der Waals surface area contributed by atoms with Gasteiger partial charge in [-0.25, -0.2) is 0 Å². The molecule has 4 nitrogen and oxygen atoms in total. The highest BCUT2D eigenvalue weighted by Crippen LogP contribution is 2.42. The molecular weight excluding hydrogens is 326 g/mol. The maximum atomic E-state index is 10.8. The summed E-state index contributed by atoms with van der Waals surface area (Å²) in [6, 6.07) is 16.3. The Labute approximate surface area is 156 Å². The third-order valence-electron chi connectivity index (χ3n) is 4.82. The lowest BCUT2D eigenvalue weighted by Gasteiger charge is -2.42. The van der Waals surface area contributed by atoms with Gasteiger partial charge in [-0.3, -0.25) is 0 Å². The molecule has 0 fully saturated rings. The summed E-state index contributed by atoms with van der Waals surface area (Å²) >= 11 is 0. The molecule has 2 N–H and O–H groups in total. The van der Waals surface area contributed by atoms with Gasteiger partial charge in [-0.05, 0) is 44.0 Å². The Kier molecular flexibility index (Phi) is 5.84. The number of rotatable bonds is 7. The smallest absolute Gasteiger partial charge is 0.132 e. The van der Waals surface area contributed by atoms with E-state index in [9.17, 15) is 5.11 Å². The van der Waals surface area contributed by atoms with E-state index in [2.05, 4.69) is 24.4 Å². The van der Waals surface area contributed by atoms with Gasteiger partial charge in [-0.15, -0.1) is 0 Å². The number of nitrogens with one attached hydrogen (secondary N) is 1. The molecule has 2 aromatic rings. The minimum absolute atomic E-state index is 0.376. The van der Waals surface area contributed by atoms with Gasteiger partial charge in [0, 0.05) is 24.4 Å². The van der Waals surface area contributed by atoms with Crippen LogP contribution in [0.15, 0.2) is 48.5 Å². The molecule has 0 saturated carbocycles. The van der Waals surface area contributed by atoms with E-state index in [1.54, 1.807) is 0 Å². The van der Waals surface area contributed by atoms with Gasteiger partial charge < -0.3 is 19.9 Å². The van der Waals surface area contributed by atoms with Crippen LogP contribution in [0.3, 0.4) is 0 Å². The number of unbranched alkanes of at least 4 members (excludes halogenated alkanes) is 1. The average molecular weight is 355 g/mol. The largest absolute Gasteiger partial charge is 0.485 e. The second-order valence-corrected chi connectivity index (χ2v) is 7.39. The van der Waals surface area contributed by atoms with Crippen LogP contribution in [0.1, 0.15) is 50.8 Å². The van der Waals surface area contributed by atoms with Crippen molar-refractivity contribution >= 4 is 5.69 Å². The van der Waals surface area contributed by atoms with E-state index in [0.29, 0.717) is 6.61 Å². The zero-order valence-electron chi connectivity index (χ0n) is 15.9. The summed E-state index contributed by atoms with van der Waals surface area (Å²) in [5.74, 6) is 0.784. The van der Waals surface area contributed by atoms with Gasteiger partial charge in [0.05, 0.1) is 0 Å². The molecule has 3 rings (SSSR count). The van der Waals surface area contributed by atoms with E-state index in [4.69, 9.17) is 9.47 Å². The first-order valence-electron chi connectivity index (χ1n) is 9.41. The topological polar surface area (TPSA) is 50.7 Å². The molecule has 0 aliphatic carbocycles. The minimum atomic E-state index is -0.712. The molecule has 140 valence electrons. The molecule has 0 unspecified atom stereocenters. The van der Waals surface area contributed by atoms with Gasteiger partial charge in [-0.2, -0.15) is 0 Å². The first kappa shape index (κ1) is 18.7. The van der Waals surface area contributed by atoms with Gasteiger partial charge in [0.1, 0.15) is 23.6 Å². The molecule has 0 aromatic heterocycles. The Morgan fingerprint density at radius 1 is 1.15 bits per heavy atom. The highest BCUT2D eigenvalue weighted by molar-refractivity contribution is 5.53. The first-order chi connectivity index (χ1) is 12.5. The fourth-order valence-electron chi connectivity index (χ4n) is 3.19. The maximum Gasteiger partial charge on any atom is 0.132 e. The molecule has 1 aliphatic rings. The van der Waals surface area contributed by atoms with Crippen LogP contribution in [-0.2, 0) is 11.3 Å². The normalized spacial score (nSPS) is 20.9. The van der Waals surface area contributed by atoms with Crippen molar-refractivity contribution < 1.29 is 14.6 Å². The molecule has 26 heavy (non-hydrogen) atoms. The van der Waals surface area contributed by atoms with Crippen LogP contribution in [0.5, 0.6) is 5.75 Å². The number of ether oxygens (including phenoxy) is 2. The van der Waals surface area contributed by atoms with Crippen molar-refractivity contribution in [1.29, 1.82) is 0 Å². The van der Waals surface area contributed by atoms with Crippen LogP contribution < -0.4 is 10.1 Å². The summed E-state index contributed by atoms with van der Waals surface area (Å²) < 4.78 is 12.1. The molecule has 2 aromatic carbocycles. The van der Waals surface area contributed by atoms with Crippen molar-refractivity contribution in [3.05, 3.63) is 59.7 Å². The van der Waals surface area contributed by atoms with Crippen LogP contribution in [0.4, 0.5) is 5.69 Å². The minimum Gasteiger partial charge on any atom is -0.485 e. The highest BCUT2D eigenvalue weighted by atomic mass is 16.5. The number of aliphatic hydroxyl groups excluding tert-OH is 1. The maximum absolute atomic E-state index is 10.8. The highest BCUT2D eigenvalue weighted by Gasteiger charge is 2.43. The monoisotopic (exact) mass is 355 g/mol. The molecule has 0 bridgehead atoms. The van der Waals surface area contributed by atoms with E-state index in [1.807, 2.05) is 50.2 Å². The van der Waals surface area contributed by atoms with Crippen LogP contribution in [0, 0.1) is 0 Å². The van der Waals surface area contributed by atoms with Crippen molar-refractivity contribution in [2.75, 3.05) is 11.9 Å². The van der Waals surface area contributed by atoms with Crippen LogP contribution in [-0.4, -0.2) is 23.4 Å². The van der Waals surface area contributed by atoms with Gasteiger partial charge in [0.15, 0.2) is 0 Å². The Hall–Kier alpha value is -2.04. The fraction of sp³-hybridized carbons (Fsp3) is 0.455. The summed E-state index contributed by atoms with van der Waals surface area (Å²) in [6.07, 6.45) is 0.954. The lowest BCUT2D eigenvalue weighted by atomic mass is 9.88. The molecule has 1 heterocycles. The Balaban J connectivity index is 1.80. The quantitative estimate of drug-likeness (QED) is 0.708. The molecule has 0 spiro atoms. The third-order valence-corrected chi connectivity index (χ3v) is 4.82. The summed E-state index contributed by atoms with van der Waals surface area (Å²) in [4.78, 5) is 0. The lowest BCUT2D eigenvalue weighted by molar-refractivity contribution is -0.135. The summed E-state index contributed by atoms with van der Waals surface area (Å²) in [6.45, 7) is 7.31. The number of hydrogen-bond donors (Lipinski definition) is 2. The van der Waals surface area contributed by atoms with Crippen molar-refractivity contribution in [3.8, 4) is 5.75 Å². The Bertz CT molecular complexity index is 715. The summed E-state index contributed by atoms with van der Waals surface area (Å²) in [5.41, 5.74) is 2.44. The van der Waals surface area contributed by atoms with Crippen molar-refractivity contribution in [2.45, 2.75) is 58.0 Å². The molecule has 0 saturated heterocycles. The molecular formula is C22H29NO3. The predicted molar refractivity (Wildman–Crippen MR) is 105 cm³/mol. The molecule has 4 heteroatoms. The SMILES string of the molecule is CCCCO[C@@H]1c2cc(NCc3ccccc3)ccc2OC(C)(C)[C@H]1O. The number of hydrogen-bond acceptors (Lipinski definition) is 4. The standard InChI is InChI=1S/C22H29NO3/c1-4-5-13-25-20-18-14-17(23-15-16-9-7-6-8-10-16)11-12-19(18)26-22(2,3)21(20)24/h6-12,14,20-21,23-24H,4-5,13,15H2,1-3H3/t20-,21+/m1/s1. The van der Waals surface area contributed by atoms with Crippen molar-refractivity contribution in [1.82, 2.24) is 0 Å². The summed E-state index contributed by atoms with van der Waals surface area (Å²) in [5, 5.41) is 14.2. The Morgan fingerprint density at radius 3 is 2.65 bits per heavy atom. The van der Waals surface area contributed by atoms with Gasteiger partial charge in [0.25, 0.3) is 0 Å². The summed E-state index contributed by atoms with van der Waals surface area (Å²) in [7, 11) is 0. The zero-order valence-corrected chi connectivity index (χ0v) is 15.9. The molecule has 1 aliphatic heterocycles. The average Bonchev–Trinajstić information content (AvgIpc) is 2.64. The van der Waals surface area contributed by atoms with E-state index >= 15 is 0 Å². The fourth-order valence-corrected chi connectivity index (χ4v) is 3.19. The number of benzene rings is 2. The van der Waals surface area contributed by atoms with Gasteiger partial charge >= 0.3 is 0 Å². The molecule has 0 amide bonds. The number of fused-ring (bicyclic) bond motifs is 1. The van der Waals surface area contributed by atoms with Gasteiger partial charge in [0.2, 0.25) is 0 Å². The van der Waals surface area contributed by atoms with Gasteiger partial charge in [-0.1, -0.05) is 43.7 Å². The lowest BCUT2D eigenvalue weighted by Crippen LogP contribution is -2.49. The van der Waals surface area contributed by atoms with Crippen molar-refractivity contribution in [3.63, 3.8) is 0 Å². The molecule has 2 atom stereocenters. The zero-order chi connectivity index (χ0) is 18.6. The van der Waals surface area contributed by atoms with E-state index in [-0.39, 0.29) is 6.10 Å². The van der Waals surface area contributed by atoms with Crippen LogP contribution in [0.2, 0.25) is 0 Å². The number of anilines is 1. The van der Waals surface area contributed by atoms with Crippen LogP contribution >= 0.6 is 0 Å². The first-order valence-corrected chi connectivity index (χ1v) is 9.41. The van der Waals surface area contributed by atoms with Crippen molar-refractivity contribution in [2.24, 2.45) is 0 Å². The van der Waals surface area contributed by atoms with E-state index < -0.39 is 11.7 Å².